The van der Waals surface area contributed by atoms with Crippen LogP contribution >= 0.6 is 0 Å². The Morgan fingerprint density at radius 3 is 2.56 bits per heavy atom. The third-order valence-corrected chi connectivity index (χ3v) is 2.75. The summed E-state index contributed by atoms with van der Waals surface area (Å²) in [5, 5.41) is 7.80. The molecule has 2 rings (SSSR count). The molecule has 0 radical (unpaired) electrons. The lowest BCUT2D eigenvalue weighted by Crippen LogP contribution is -2.21. The summed E-state index contributed by atoms with van der Waals surface area (Å²) in [4.78, 5) is 4.46. The van der Waals surface area contributed by atoms with E-state index in [4.69, 9.17) is 0 Å². The van der Waals surface area contributed by atoms with Crippen LogP contribution < -0.4 is 5.32 Å². The number of aryl methyl sites for hydroxylation is 2. The lowest BCUT2D eigenvalue weighted by molar-refractivity contribution is 0.587. The Morgan fingerprint density at radius 1 is 1.28 bits per heavy atom. The number of nitrogens with zero attached hydrogens (tertiary/aromatic N) is 3. The van der Waals surface area contributed by atoms with Crippen LogP contribution in [0.3, 0.4) is 0 Å². The molecule has 0 aromatic carbocycles. The third-order valence-electron chi connectivity index (χ3n) is 2.75. The van der Waals surface area contributed by atoms with E-state index in [2.05, 4.69) is 41.4 Å². The van der Waals surface area contributed by atoms with Gasteiger partial charge in [0.15, 0.2) is 5.82 Å². The van der Waals surface area contributed by atoms with Crippen LogP contribution in [0, 0.1) is 13.8 Å². The summed E-state index contributed by atoms with van der Waals surface area (Å²) in [6.07, 6.45) is 1.90. The lowest BCUT2D eigenvalue weighted by Gasteiger charge is -2.08. The Hall–Kier alpha value is -1.68. The molecule has 0 fully saturated rings. The first-order chi connectivity index (χ1) is 8.56. The smallest absolute Gasteiger partial charge is 0.153 e. The van der Waals surface area contributed by atoms with Crippen molar-refractivity contribution in [3.05, 3.63) is 41.3 Å². The van der Waals surface area contributed by atoms with Crippen LogP contribution in [0.1, 0.15) is 30.8 Å². The van der Waals surface area contributed by atoms with E-state index in [1.54, 1.807) is 0 Å². The molecule has 2 heterocycles. The van der Waals surface area contributed by atoms with Gasteiger partial charge in [0.1, 0.15) is 0 Å². The van der Waals surface area contributed by atoms with Crippen LogP contribution in [-0.2, 0) is 6.54 Å². The molecule has 0 saturated carbocycles. The van der Waals surface area contributed by atoms with Crippen LogP contribution in [0.5, 0.6) is 0 Å². The molecule has 0 aliphatic carbocycles. The lowest BCUT2D eigenvalue weighted by atomic mass is 10.2. The molecule has 0 amide bonds. The van der Waals surface area contributed by atoms with Gasteiger partial charge < -0.3 is 5.32 Å². The molecule has 4 nitrogen and oxygen atoms in total. The Balaban J connectivity index is 2.15. The molecule has 4 heteroatoms. The maximum absolute atomic E-state index is 4.46. The van der Waals surface area contributed by atoms with Crippen molar-refractivity contribution in [2.75, 3.05) is 0 Å². The molecule has 0 saturated heterocycles. The number of nitrogens with one attached hydrogen (secondary N) is 1. The van der Waals surface area contributed by atoms with E-state index >= 15 is 0 Å². The Bertz CT molecular complexity index is 511. The predicted molar refractivity (Wildman–Crippen MR) is 72.8 cm³/mol. The molecule has 0 unspecified atom stereocenters. The van der Waals surface area contributed by atoms with Gasteiger partial charge in [0, 0.05) is 24.5 Å². The van der Waals surface area contributed by atoms with Crippen LogP contribution in [0.2, 0.25) is 0 Å². The van der Waals surface area contributed by atoms with Gasteiger partial charge in [-0.2, -0.15) is 5.10 Å². The van der Waals surface area contributed by atoms with E-state index in [1.165, 1.54) is 5.56 Å². The van der Waals surface area contributed by atoms with Gasteiger partial charge in [-0.25, -0.2) is 9.67 Å². The summed E-state index contributed by atoms with van der Waals surface area (Å²) >= 11 is 0. The topological polar surface area (TPSA) is 42.7 Å². The highest BCUT2D eigenvalue weighted by molar-refractivity contribution is 5.27. The van der Waals surface area contributed by atoms with Gasteiger partial charge in [-0.05, 0) is 31.5 Å². The van der Waals surface area contributed by atoms with Crippen molar-refractivity contribution in [3.8, 4) is 5.82 Å². The molecule has 0 aliphatic heterocycles. The molecule has 0 atom stereocenters. The van der Waals surface area contributed by atoms with Gasteiger partial charge in [0.05, 0.1) is 5.69 Å². The molecule has 1 N–H and O–H groups in total. The molecular weight excluding hydrogens is 224 g/mol. The zero-order valence-electron chi connectivity index (χ0n) is 11.4. The zero-order chi connectivity index (χ0) is 13.1. The third kappa shape index (κ3) is 2.96. The number of pyridine rings is 1. The molecule has 0 bridgehead atoms. The van der Waals surface area contributed by atoms with Gasteiger partial charge in [-0.1, -0.05) is 19.9 Å². The van der Waals surface area contributed by atoms with Crippen LogP contribution in [-0.4, -0.2) is 20.8 Å². The Kier molecular flexibility index (Phi) is 3.77. The largest absolute Gasteiger partial charge is 0.310 e. The minimum atomic E-state index is 0.487. The van der Waals surface area contributed by atoms with Gasteiger partial charge in [-0.3, -0.25) is 0 Å². The number of aromatic nitrogens is 3. The fourth-order valence-corrected chi connectivity index (χ4v) is 1.83. The summed E-state index contributed by atoms with van der Waals surface area (Å²) in [6, 6.07) is 6.64. The summed E-state index contributed by atoms with van der Waals surface area (Å²) in [7, 11) is 0. The summed E-state index contributed by atoms with van der Waals surface area (Å²) in [5.41, 5.74) is 3.31. The number of rotatable bonds is 4. The molecule has 2 aromatic rings. The first-order valence-corrected chi connectivity index (χ1v) is 6.28. The van der Waals surface area contributed by atoms with Crippen LogP contribution in [0.25, 0.3) is 5.82 Å². The summed E-state index contributed by atoms with van der Waals surface area (Å²) < 4.78 is 1.87. The van der Waals surface area contributed by atoms with Crippen molar-refractivity contribution in [3.63, 3.8) is 0 Å². The SMILES string of the molecule is Cc1cc(C)n(-c2ccc(CNC(C)C)cn2)n1. The minimum absolute atomic E-state index is 0.487. The quantitative estimate of drug-likeness (QED) is 0.898. The second-order valence-electron chi connectivity index (χ2n) is 4.90. The van der Waals surface area contributed by atoms with E-state index in [0.717, 1.165) is 23.8 Å². The second kappa shape index (κ2) is 5.31. The second-order valence-corrected chi connectivity index (χ2v) is 4.90. The van der Waals surface area contributed by atoms with Crippen LogP contribution in [0.4, 0.5) is 0 Å². The van der Waals surface area contributed by atoms with E-state index in [1.807, 2.05) is 30.8 Å². The molecule has 2 aromatic heterocycles. The highest BCUT2D eigenvalue weighted by atomic mass is 15.3. The Labute approximate surface area is 108 Å². The maximum Gasteiger partial charge on any atom is 0.153 e. The zero-order valence-corrected chi connectivity index (χ0v) is 11.4. The summed E-state index contributed by atoms with van der Waals surface area (Å²) in [6.45, 7) is 9.15. The number of hydrogen-bond donors (Lipinski definition) is 1. The van der Waals surface area contributed by atoms with E-state index < -0.39 is 0 Å². The van der Waals surface area contributed by atoms with E-state index in [0.29, 0.717) is 6.04 Å². The first kappa shape index (κ1) is 12.8. The summed E-state index contributed by atoms with van der Waals surface area (Å²) in [5.74, 6) is 0.869. The highest BCUT2D eigenvalue weighted by Gasteiger charge is 2.04. The average Bonchev–Trinajstić information content (AvgIpc) is 2.66. The van der Waals surface area contributed by atoms with Gasteiger partial charge in [-0.15, -0.1) is 0 Å². The molecule has 0 aliphatic rings. The van der Waals surface area contributed by atoms with Gasteiger partial charge in [0.25, 0.3) is 0 Å². The average molecular weight is 244 g/mol. The van der Waals surface area contributed by atoms with Crippen molar-refractivity contribution < 1.29 is 0 Å². The predicted octanol–water partition coefficient (Wildman–Crippen LogP) is 2.38. The fourth-order valence-electron chi connectivity index (χ4n) is 1.83. The molecule has 18 heavy (non-hydrogen) atoms. The maximum atomic E-state index is 4.46. The minimum Gasteiger partial charge on any atom is -0.310 e. The highest BCUT2D eigenvalue weighted by Crippen LogP contribution is 2.10. The molecular formula is C14H20N4. The van der Waals surface area contributed by atoms with E-state index in [-0.39, 0.29) is 0 Å². The standard InChI is InChI=1S/C14H20N4/c1-10(2)15-8-13-5-6-14(16-9-13)18-12(4)7-11(3)17-18/h5-7,9-10,15H,8H2,1-4H3. The number of hydrogen-bond acceptors (Lipinski definition) is 3. The van der Waals surface area contributed by atoms with Gasteiger partial charge >= 0.3 is 0 Å². The monoisotopic (exact) mass is 244 g/mol. The van der Waals surface area contributed by atoms with Crippen molar-refractivity contribution in [2.45, 2.75) is 40.3 Å². The Morgan fingerprint density at radius 2 is 2.06 bits per heavy atom. The van der Waals surface area contributed by atoms with Crippen molar-refractivity contribution >= 4 is 0 Å². The normalized spacial score (nSPS) is 11.2. The van der Waals surface area contributed by atoms with E-state index in [9.17, 15) is 0 Å². The van der Waals surface area contributed by atoms with Crippen molar-refractivity contribution in [2.24, 2.45) is 0 Å². The van der Waals surface area contributed by atoms with Crippen molar-refractivity contribution in [1.82, 2.24) is 20.1 Å². The van der Waals surface area contributed by atoms with Crippen molar-refractivity contribution in [1.29, 1.82) is 0 Å². The molecule has 0 spiro atoms. The fraction of sp³-hybridized carbons (Fsp3) is 0.429. The van der Waals surface area contributed by atoms with Crippen LogP contribution in [0.15, 0.2) is 24.4 Å². The molecule has 96 valence electrons. The first-order valence-electron chi connectivity index (χ1n) is 6.28. The van der Waals surface area contributed by atoms with Gasteiger partial charge in [0.2, 0.25) is 0 Å².